The molecule has 0 fully saturated rings. The minimum atomic E-state index is -0.967. The smallest absolute Gasteiger partial charge is 0.344 e. The van der Waals surface area contributed by atoms with Crippen LogP contribution >= 0.6 is 0 Å². The monoisotopic (exact) mass is 411 g/mol. The SMILES string of the molecule is CCC(=O)c1ccc(OCC(=O)O[C@@H](C)C(=O)Nc2c(C)cccc2C(C)C)cc1. The number of esters is 1. The number of ketones is 1. The molecule has 1 atom stereocenters. The zero-order valence-corrected chi connectivity index (χ0v) is 18.2. The minimum absolute atomic E-state index is 0.0371. The van der Waals surface area contributed by atoms with E-state index in [4.69, 9.17) is 9.47 Å². The molecule has 0 aliphatic heterocycles. The highest BCUT2D eigenvalue weighted by atomic mass is 16.6. The number of amides is 1. The lowest BCUT2D eigenvalue weighted by Gasteiger charge is -2.19. The molecule has 1 amide bonds. The van der Waals surface area contributed by atoms with E-state index >= 15 is 0 Å². The maximum atomic E-state index is 12.5. The largest absolute Gasteiger partial charge is 0.482 e. The van der Waals surface area contributed by atoms with Gasteiger partial charge in [0.1, 0.15) is 5.75 Å². The molecule has 0 unspecified atom stereocenters. The van der Waals surface area contributed by atoms with Gasteiger partial charge in [-0.25, -0.2) is 4.79 Å². The van der Waals surface area contributed by atoms with Crippen LogP contribution in [0.25, 0.3) is 0 Å². The van der Waals surface area contributed by atoms with Crippen molar-refractivity contribution < 1.29 is 23.9 Å². The lowest BCUT2D eigenvalue weighted by atomic mass is 9.98. The zero-order valence-electron chi connectivity index (χ0n) is 18.2. The average Bonchev–Trinajstić information content (AvgIpc) is 2.73. The first-order chi connectivity index (χ1) is 14.2. The number of anilines is 1. The molecule has 160 valence electrons. The number of para-hydroxylation sites is 1. The van der Waals surface area contributed by atoms with E-state index in [2.05, 4.69) is 19.2 Å². The van der Waals surface area contributed by atoms with Crippen LogP contribution in [0.2, 0.25) is 0 Å². The Bertz CT molecular complexity index is 902. The highest BCUT2D eigenvalue weighted by Crippen LogP contribution is 2.27. The zero-order chi connectivity index (χ0) is 22.3. The van der Waals surface area contributed by atoms with Crippen LogP contribution in [0.4, 0.5) is 5.69 Å². The molecular formula is C24H29NO5. The first-order valence-corrected chi connectivity index (χ1v) is 10.1. The van der Waals surface area contributed by atoms with Crippen molar-refractivity contribution in [3.05, 3.63) is 59.2 Å². The Morgan fingerprint density at radius 1 is 1.00 bits per heavy atom. The number of carbonyl (C=O) groups excluding carboxylic acids is 3. The van der Waals surface area contributed by atoms with Gasteiger partial charge in [0.05, 0.1) is 0 Å². The third kappa shape index (κ3) is 6.17. The van der Waals surface area contributed by atoms with E-state index < -0.39 is 18.0 Å². The number of hydrogen-bond acceptors (Lipinski definition) is 5. The molecule has 2 aromatic carbocycles. The van der Waals surface area contributed by atoms with Crippen LogP contribution in [0, 0.1) is 6.92 Å². The number of nitrogens with one attached hydrogen (secondary N) is 1. The van der Waals surface area contributed by atoms with Gasteiger partial charge in [-0.05, 0) is 55.2 Å². The highest BCUT2D eigenvalue weighted by Gasteiger charge is 2.20. The van der Waals surface area contributed by atoms with E-state index in [1.807, 2.05) is 25.1 Å². The van der Waals surface area contributed by atoms with Crippen molar-refractivity contribution in [2.24, 2.45) is 0 Å². The van der Waals surface area contributed by atoms with Gasteiger partial charge < -0.3 is 14.8 Å². The van der Waals surface area contributed by atoms with E-state index in [0.29, 0.717) is 17.7 Å². The molecule has 0 aliphatic carbocycles. The van der Waals surface area contributed by atoms with Gasteiger partial charge >= 0.3 is 5.97 Å². The predicted molar refractivity (Wildman–Crippen MR) is 116 cm³/mol. The summed E-state index contributed by atoms with van der Waals surface area (Å²) in [7, 11) is 0. The Balaban J connectivity index is 1.90. The van der Waals surface area contributed by atoms with Gasteiger partial charge in [-0.15, -0.1) is 0 Å². The van der Waals surface area contributed by atoms with Crippen molar-refractivity contribution in [2.45, 2.75) is 53.1 Å². The molecule has 0 aromatic heterocycles. The molecule has 2 rings (SSSR count). The Morgan fingerprint density at radius 2 is 1.67 bits per heavy atom. The second-order valence-corrected chi connectivity index (χ2v) is 7.40. The van der Waals surface area contributed by atoms with Crippen molar-refractivity contribution >= 4 is 23.3 Å². The highest BCUT2D eigenvalue weighted by molar-refractivity contribution is 5.97. The first-order valence-electron chi connectivity index (χ1n) is 10.1. The topological polar surface area (TPSA) is 81.7 Å². The second-order valence-electron chi connectivity index (χ2n) is 7.40. The summed E-state index contributed by atoms with van der Waals surface area (Å²) in [5, 5.41) is 2.87. The van der Waals surface area contributed by atoms with Gasteiger partial charge in [0.15, 0.2) is 18.5 Å². The van der Waals surface area contributed by atoms with Crippen molar-refractivity contribution in [2.75, 3.05) is 11.9 Å². The van der Waals surface area contributed by atoms with Crippen LogP contribution < -0.4 is 10.1 Å². The van der Waals surface area contributed by atoms with Crippen LogP contribution in [-0.2, 0) is 14.3 Å². The lowest BCUT2D eigenvalue weighted by molar-refractivity contribution is -0.155. The van der Waals surface area contributed by atoms with E-state index in [1.165, 1.54) is 6.92 Å². The maximum absolute atomic E-state index is 12.5. The second kappa shape index (κ2) is 10.6. The molecule has 0 aliphatic rings. The summed E-state index contributed by atoms with van der Waals surface area (Å²) in [4.78, 5) is 36.2. The Morgan fingerprint density at radius 3 is 2.27 bits per heavy atom. The first kappa shape index (κ1) is 23.1. The number of rotatable bonds is 9. The van der Waals surface area contributed by atoms with Crippen LogP contribution in [0.1, 0.15) is 61.5 Å². The molecule has 1 N–H and O–H groups in total. The number of ether oxygens (including phenoxy) is 2. The summed E-state index contributed by atoms with van der Waals surface area (Å²) in [6.45, 7) is 9.01. The van der Waals surface area contributed by atoms with Crippen LogP contribution in [-0.4, -0.2) is 30.4 Å². The van der Waals surface area contributed by atoms with Gasteiger partial charge in [0, 0.05) is 17.7 Å². The molecular weight excluding hydrogens is 382 g/mol. The van der Waals surface area contributed by atoms with Gasteiger partial charge in [0.25, 0.3) is 5.91 Å². The van der Waals surface area contributed by atoms with E-state index in [1.54, 1.807) is 31.2 Å². The molecule has 30 heavy (non-hydrogen) atoms. The number of aryl methyl sites for hydroxylation is 1. The van der Waals surface area contributed by atoms with Gasteiger partial charge in [0.2, 0.25) is 0 Å². The fraction of sp³-hybridized carbons (Fsp3) is 0.375. The van der Waals surface area contributed by atoms with Crippen LogP contribution in [0.3, 0.4) is 0 Å². The van der Waals surface area contributed by atoms with Crippen LogP contribution in [0.15, 0.2) is 42.5 Å². The Kier molecular flexibility index (Phi) is 8.16. The maximum Gasteiger partial charge on any atom is 0.344 e. The quantitative estimate of drug-likeness (QED) is 0.479. The van der Waals surface area contributed by atoms with Crippen molar-refractivity contribution in [3.63, 3.8) is 0 Å². The number of benzene rings is 2. The summed E-state index contributed by atoms with van der Waals surface area (Å²) < 4.78 is 10.6. The van der Waals surface area contributed by atoms with Gasteiger partial charge in [-0.3, -0.25) is 9.59 Å². The van der Waals surface area contributed by atoms with Crippen molar-refractivity contribution in [3.8, 4) is 5.75 Å². The summed E-state index contributed by atoms with van der Waals surface area (Å²) in [5.74, 6) is -0.332. The van der Waals surface area contributed by atoms with Crippen molar-refractivity contribution in [1.82, 2.24) is 0 Å². The molecule has 6 heteroatoms. The third-order valence-corrected chi connectivity index (χ3v) is 4.71. The van der Waals surface area contributed by atoms with Gasteiger partial charge in [-0.1, -0.05) is 39.0 Å². The number of hydrogen-bond donors (Lipinski definition) is 1. The fourth-order valence-corrected chi connectivity index (χ4v) is 2.94. The van der Waals surface area contributed by atoms with Crippen molar-refractivity contribution in [1.29, 1.82) is 0 Å². The molecule has 2 aromatic rings. The number of carbonyl (C=O) groups is 3. The molecule has 6 nitrogen and oxygen atoms in total. The third-order valence-electron chi connectivity index (χ3n) is 4.71. The minimum Gasteiger partial charge on any atom is -0.482 e. The number of Topliss-reactive ketones (excluding diaryl/α,β-unsaturated/α-hetero) is 1. The summed E-state index contributed by atoms with van der Waals surface area (Å²) in [5.41, 5.74) is 3.31. The lowest BCUT2D eigenvalue weighted by Crippen LogP contribution is -2.32. The molecule has 0 saturated heterocycles. The molecule has 0 bridgehead atoms. The summed E-state index contributed by atoms with van der Waals surface area (Å²) in [6.07, 6.45) is -0.543. The molecule has 0 radical (unpaired) electrons. The van der Waals surface area contributed by atoms with Gasteiger partial charge in [-0.2, -0.15) is 0 Å². The van der Waals surface area contributed by atoms with E-state index in [0.717, 1.165) is 16.8 Å². The summed E-state index contributed by atoms with van der Waals surface area (Å²) in [6, 6.07) is 12.4. The molecule has 0 saturated carbocycles. The standard InChI is InChI=1S/C24H29NO5/c1-6-21(26)18-10-12-19(13-11-18)29-14-22(27)30-17(5)24(28)25-23-16(4)8-7-9-20(23)15(2)3/h7-13,15,17H,6,14H2,1-5H3,(H,25,28)/t17-/m0/s1. The Labute approximate surface area is 177 Å². The Hall–Kier alpha value is -3.15. The fourth-order valence-electron chi connectivity index (χ4n) is 2.94. The normalized spacial score (nSPS) is 11.7. The summed E-state index contributed by atoms with van der Waals surface area (Å²) >= 11 is 0. The van der Waals surface area contributed by atoms with Crippen LogP contribution in [0.5, 0.6) is 5.75 Å². The molecule has 0 spiro atoms. The van der Waals surface area contributed by atoms with E-state index in [-0.39, 0.29) is 18.3 Å². The predicted octanol–water partition coefficient (Wildman–Crippen LogP) is 4.66. The van der Waals surface area contributed by atoms with E-state index in [9.17, 15) is 14.4 Å². The average molecular weight is 411 g/mol. The molecule has 0 heterocycles.